The first-order valence-electron chi connectivity index (χ1n) is 40.9. The number of aromatic nitrogens is 5. The van der Waals surface area contributed by atoms with Gasteiger partial charge in [0.05, 0.1) is 68.6 Å². The summed E-state index contributed by atoms with van der Waals surface area (Å²) in [5, 5.41) is 1.03. The Kier molecular flexibility index (Phi) is 36.4. The summed E-state index contributed by atoms with van der Waals surface area (Å²) in [7, 11) is 0. The van der Waals surface area contributed by atoms with Gasteiger partial charge in [-0.2, -0.15) is 4.98 Å². The van der Waals surface area contributed by atoms with Crippen LogP contribution in [-0.2, 0) is 38.1 Å². The topological polar surface area (TPSA) is 272 Å². The number of esters is 5. The number of halogens is 2. The van der Waals surface area contributed by atoms with Crippen LogP contribution >= 0.6 is 11.3 Å². The van der Waals surface area contributed by atoms with Gasteiger partial charge in [-0.05, 0) is 300 Å². The average molecular weight is 1690 g/mol. The minimum Gasteiger partial charge on any atom is -0.494 e. The molecule has 640 valence electrons. The second-order valence-electron chi connectivity index (χ2n) is 28.8. The van der Waals surface area contributed by atoms with Gasteiger partial charge in [0.25, 0.3) is 0 Å². The predicted molar refractivity (Wildman–Crippen MR) is 471 cm³/mol. The minimum absolute atomic E-state index is 0.298. The van der Waals surface area contributed by atoms with Gasteiger partial charge < -0.3 is 55.9 Å². The normalized spacial score (nSPS) is 10.8. The minimum atomic E-state index is -0.509. The number of oxazole rings is 3. The molecule has 25 heteroatoms. The molecule has 8 aromatic carbocycles. The van der Waals surface area contributed by atoms with Crippen LogP contribution in [0.3, 0.4) is 0 Å². The van der Waals surface area contributed by atoms with Gasteiger partial charge in [0.2, 0.25) is 17.7 Å². The highest BCUT2D eigenvalue weighted by Crippen LogP contribution is 2.34. The Hall–Kier alpha value is -13.4. The molecule has 0 saturated carbocycles. The van der Waals surface area contributed by atoms with Crippen LogP contribution in [0.2, 0.25) is 0 Å². The van der Waals surface area contributed by atoms with Crippen LogP contribution in [0, 0.1) is 11.6 Å². The molecule has 13 aromatic rings. The van der Waals surface area contributed by atoms with Crippen LogP contribution in [0.1, 0.15) is 141 Å². The molecule has 0 aliphatic carbocycles. The number of para-hydroxylation sites is 1. The highest BCUT2D eigenvalue weighted by molar-refractivity contribution is 7.21. The standard InChI is InChI=1S/C30H28FNO6.C23H24FNO4.C23H25NO3S.C22H24N2O4/c1-20(2)29(33)36-18-6-4-3-5-17-35-24-13-9-22(10-14-24)30(34)37-25-15-16-27-26(19-25)32-28(38-27)21-7-11-23(31)12-8-21;1-16(2)23(26)28-14-6-4-3-5-13-27-19-11-12-21-20(15-19)25-22(29-21)17-7-9-18(24)10-8-17;1-17(2)23(25)27-16-8-4-3-7-15-26-19-13-11-18(12-14-19)22-24-20-9-5-6-10-21(20)28-22;1-16(2)22(25)27-15-6-4-3-5-14-26-18-11-9-17(10-12-18)21-24-20-19(28-21)8-7-13-23-20/h7-16,19H,1,3-6,17-18H2,2H3;7-12,15H,1,3-6,13-14H2,2H3;5-6,9-14H,1,3-4,7-8,15-16H2,2H3;7-13H,1,3-6,14-15H2,2H3. The first-order chi connectivity index (χ1) is 59.7. The number of benzene rings is 8. The number of unbranched alkanes of at least 4 members (excludes halogenated alkanes) is 12. The van der Waals surface area contributed by atoms with Crippen molar-refractivity contribution in [2.75, 3.05) is 52.9 Å². The Morgan fingerprint density at radius 2 is 0.691 bits per heavy atom. The average Bonchev–Trinajstić information content (AvgIpc) is 1.70. The predicted octanol–water partition coefficient (Wildman–Crippen LogP) is 23.6. The Labute approximate surface area is 717 Å². The Bertz CT molecular complexity index is 5400. The number of thiazole rings is 1. The highest BCUT2D eigenvalue weighted by atomic mass is 32.1. The van der Waals surface area contributed by atoms with Crippen molar-refractivity contribution in [3.63, 3.8) is 0 Å². The van der Waals surface area contributed by atoms with Crippen molar-refractivity contribution in [1.82, 2.24) is 24.9 Å². The van der Waals surface area contributed by atoms with Gasteiger partial charge in [-0.15, -0.1) is 11.3 Å². The molecule has 0 amide bonds. The fourth-order valence-electron chi connectivity index (χ4n) is 11.7. The third-order valence-electron chi connectivity index (χ3n) is 18.4. The van der Waals surface area contributed by atoms with Crippen molar-refractivity contribution in [3.8, 4) is 73.7 Å². The molecule has 0 saturated heterocycles. The third-order valence-corrected chi connectivity index (χ3v) is 19.5. The fourth-order valence-corrected chi connectivity index (χ4v) is 12.6. The van der Waals surface area contributed by atoms with Crippen molar-refractivity contribution >= 4 is 84.8 Å². The van der Waals surface area contributed by atoms with Crippen LogP contribution in [0.15, 0.2) is 262 Å². The van der Waals surface area contributed by atoms with Gasteiger partial charge in [0.15, 0.2) is 22.4 Å². The van der Waals surface area contributed by atoms with Gasteiger partial charge >= 0.3 is 29.8 Å². The molecule has 123 heavy (non-hydrogen) atoms. The molecule has 0 aliphatic heterocycles. The highest BCUT2D eigenvalue weighted by Gasteiger charge is 2.17. The van der Waals surface area contributed by atoms with Gasteiger partial charge in [-0.1, -0.05) is 38.4 Å². The van der Waals surface area contributed by atoms with E-state index in [1.807, 2.05) is 84.9 Å². The summed E-state index contributed by atoms with van der Waals surface area (Å²) in [4.78, 5) is 79.8. The number of carbonyl (C=O) groups is 5. The molecule has 0 spiro atoms. The molecule has 0 N–H and O–H groups in total. The Balaban J connectivity index is 0.000000173. The van der Waals surface area contributed by atoms with E-state index in [1.165, 1.54) is 29.0 Å². The lowest BCUT2D eigenvalue weighted by atomic mass is 10.2. The number of pyridine rings is 1. The molecule has 0 atom stereocenters. The summed E-state index contributed by atoms with van der Waals surface area (Å²) in [6, 6.07) is 56.7. The monoisotopic (exact) mass is 1690 g/mol. The molecule has 0 bridgehead atoms. The number of rotatable bonds is 42. The van der Waals surface area contributed by atoms with E-state index in [1.54, 1.807) is 112 Å². The lowest BCUT2D eigenvalue weighted by Gasteiger charge is -2.08. The fraction of sp³-hybridized carbons (Fsp3) is 0.286. The summed E-state index contributed by atoms with van der Waals surface area (Å²) >= 11 is 1.70. The molecule has 0 aliphatic rings. The van der Waals surface area contributed by atoms with Crippen LogP contribution in [0.25, 0.3) is 88.6 Å². The first-order valence-corrected chi connectivity index (χ1v) is 41.7. The second kappa shape index (κ2) is 48.7. The van der Waals surface area contributed by atoms with Crippen LogP contribution in [0.4, 0.5) is 8.78 Å². The van der Waals surface area contributed by atoms with Gasteiger partial charge in [0, 0.05) is 62.9 Å². The van der Waals surface area contributed by atoms with E-state index in [0.29, 0.717) is 149 Å². The van der Waals surface area contributed by atoms with Crippen LogP contribution in [-0.4, -0.2) is 108 Å². The molecule has 0 unspecified atom stereocenters. The largest absolute Gasteiger partial charge is 0.494 e. The van der Waals surface area contributed by atoms with E-state index in [4.69, 9.17) is 55.9 Å². The number of ether oxygens (including phenoxy) is 9. The second-order valence-corrected chi connectivity index (χ2v) is 29.9. The molecular formula is C98H101F2N5O17S. The van der Waals surface area contributed by atoms with Gasteiger partial charge in [-0.25, -0.2) is 52.7 Å². The number of fused-ring (bicyclic) bond motifs is 4. The van der Waals surface area contributed by atoms with Crippen LogP contribution in [0.5, 0.6) is 28.7 Å². The molecule has 0 radical (unpaired) electrons. The van der Waals surface area contributed by atoms with Crippen molar-refractivity contribution in [3.05, 3.63) is 266 Å². The zero-order valence-corrected chi connectivity index (χ0v) is 70.5. The van der Waals surface area contributed by atoms with Crippen molar-refractivity contribution in [2.45, 2.75) is 130 Å². The van der Waals surface area contributed by atoms with E-state index in [0.717, 1.165) is 147 Å². The summed E-state index contributed by atoms with van der Waals surface area (Å²) in [6.45, 7) is 25.0. The van der Waals surface area contributed by atoms with Gasteiger partial charge in [0.1, 0.15) is 56.4 Å². The summed E-state index contributed by atoms with van der Waals surface area (Å²) in [5.41, 5.74) is 10.2. The smallest absolute Gasteiger partial charge is 0.343 e. The zero-order chi connectivity index (χ0) is 87.1. The Morgan fingerprint density at radius 3 is 1.11 bits per heavy atom. The number of carbonyl (C=O) groups excluding carboxylic acids is 5. The maximum Gasteiger partial charge on any atom is 0.343 e. The summed E-state index contributed by atoms with van der Waals surface area (Å²) in [6.07, 6.45) is 16.7. The number of nitrogens with zero attached hydrogens (tertiary/aromatic N) is 5. The van der Waals surface area contributed by atoms with Crippen molar-refractivity contribution in [2.24, 2.45) is 0 Å². The molecule has 22 nitrogen and oxygen atoms in total. The number of hydrogen-bond donors (Lipinski definition) is 0. The summed E-state index contributed by atoms with van der Waals surface area (Å²) < 4.78 is 93.5. The first kappa shape index (κ1) is 91.9. The quantitative estimate of drug-likeness (QED) is 0.0113. The van der Waals surface area contributed by atoms with Crippen molar-refractivity contribution in [1.29, 1.82) is 0 Å². The lowest BCUT2D eigenvalue weighted by molar-refractivity contribution is -0.139. The maximum absolute atomic E-state index is 13.2. The molecular weight excluding hydrogens is 1590 g/mol. The lowest BCUT2D eigenvalue weighted by Crippen LogP contribution is -2.08. The van der Waals surface area contributed by atoms with Crippen molar-refractivity contribution < 1.29 is 88.6 Å². The Morgan fingerprint density at radius 1 is 0.341 bits per heavy atom. The van der Waals surface area contributed by atoms with E-state index < -0.39 is 5.97 Å². The number of hydrogen-bond acceptors (Lipinski definition) is 23. The molecule has 5 aromatic heterocycles. The van der Waals surface area contributed by atoms with E-state index in [9.17, 15) is 32.8 Å². The summed E-state index contributed by atoms with van der Waals surface area (Å²) in [5.74, 6) is 2.29. The van der Waals surface area contributed by atoms with E-state index in [2.05, 4.69) is 69.4 Å². The maximum atomic E-state index is 13.2. The zero-order valence-electron chi connectivity index (χ0n) is 69.7. The third kappa shape index (κ3) is 30.7. The molecule has 0 fully saturated rings. The van der Waals surface area contributed by atoms with E-state index in [-0.39, 0.29) is 35.5 Å². The van der Waals surface area contributed by atoms with Crippen LogP contribution < -0.4 is 23.7 Å². The molecule has 13 rings (SSSR count). The van der Waals surface area contributed by atoms with Gasteiger partial charge in [-0.3, -0.25) is 0 Å². The SMILES string of the molecule is C=C(C)C(=O)OCCCCCCOc1ccc(-c2nc3ccccc3s2)cc1.C=C(C)C(=O)OCCCCCCOc1ccc(-c2nc3ncccc3o2)cc1.C=C(C)C(=O)OCCCCCCOc1ccc(C(=O)Oc2ccc3oc(-c4ccc(F)cc4)nc3c2)cc1.C=C(C)C(=O)OCCCCCCOc1ccc2oc(-c3ccc(F)cc3)nc2c1. The van der Waals surface area contributed by atoms with E-state index >= 15 is 0 Å². The molecule has 5 heterocycles.